The molecule has 2 aliphatic carbocycles. The van der Waals surface area contributed by atoms with Gasteiger partial charge in [0.15, 0.2) is 5.82 Å². The maximum Gasteiger partial charge on any atom is 0.252 e. The summed E-state index contributed by atoms with van der Waals surface area (Å²) in [7, 11) is 0. The fraction of sp³-hybridized carbons (Fsp3) is 0.176. The molecule has 3 aromatic heterocycles. The van der Waals surface area contributed by atoms with Gasteiger partial charge in [-0.05, 0) is 130 Å². The van der Waals surface area contributed by atoms with Gasteiger partial charge in [-0.2, -0.15) is 0 Å². The van der Waals surface area contributed by atoms with E-state index in [-0.39, 0.29) is 6.71 Å². The third kappa shape index (κ3) is 6.21. The zero-order chi connectivity index (χ0) is 47.7. The topological polar surface area (TPSA) is 35.6 Å². The Bertz CT molecular complexity index is 4010. The molecule has 4 nitrogen and oxygen atoms in total. The van der Waals surface area contributed by atoms with E-state index in [4.69, 9.17) is 9.97 Å². The maximum atomic E-state index is 5.60. The van der Waals surface area contributed by atoms with E-state index in [0.717, 1.165) is 33.5 Å². The van der Waals surface area contributed by atoms with Crippen LogP contribution in [0.3, 0.4) is 0 Å². The molecule has 348 valence electrons. The first kappa shape index (κ1) is 41.6. The van der Waals surface area contributed by atoms with Crippen molar-refractivity contribution < 1.29 is 0 Å². The Balaban J connectivity index is 1.07. The molecule has 0 radical (unpaired) electrons. The third-order valence-electron chi connectivity index (χ3n) is 17.7. The summed E-state index contributed by atoms with van der Waals surface area (Å²) in [4.78, 5) is 10.8. The first-order valence-corrected chi connectivity index (χ1v) is 27.1. The predicted octanol–water partition coefficient (Wildman–Crippen LogP) is 15.7. The molecule has 16 rings (SSSR count). The molecular formula is C68H53BN4. The lowest BCUT2D eigenvalue weighted by molar-refractivity contribution is 0.445. The summed E-state index contributed by atoms with van der Waals surface area (Å²) in [6, 6.07) is 71.1. The summed E-state index contributed by atoms with van der Waals surface area (Å²) >= 11 is 0. The largest absolute Gasteiger partial charge is 0.310 e. The highest BCUT2D eigenvalue weighted by Gasteiger charge is 2.43. The Hall–Kier alpha value is -8.02. The summed E-state index contributed by atoms with van der Waals surface area (Å²) in [5, 5.41) is 6.66. The highest BCUT2D eigenvalue weighted by atomic mass is 15.0. The molecule has 0 N–H and O–H groups in total. The molecule has 9 aromatic carbocycles. The van der Waals surface area contributed by atoms with E-state index in [1.54, 1.807) is 0 Å². The van der Waals surface area contributed by atoms with Gasteiger partial charge in [-0.15, -0.1) is 0 Å². The second-order valence-corrected chi connectivity index (χ2v) is 21.6. The van der Waals surface area contributed by atoms with Gasteiger partial charge in [0.05, 0.1) is 22.2 Å². The van der Waals surface area contributed by atoms with E-state index in [1.807, 2.05) is 0 Å². The van der Waals surface area contributed by atoms with Crippen molar-refractivity contribution in [1.29, 1.82) is 0 Å². The molecule has 73 heavy (non-hydrogen) atoms. The Morgan fingerprint density at radius 1 is 0.384 bits per heavy atom. The fourth-order valence-electron chi connectivity index (χ4n) is 14.4. The molecule has 4 aliphatic rings. The molecule has 0 amide bonds. The molecule has 2 aliphatic heterocycles. The predicted molar refractivity (Wildman–Crippen MR) is 306 cm³/mol. The van der Waals surface area contributed by atoms with Crippen LogP contribution in [0.25, 0.3) is 111 Å². The third-order valence-corrected chi connectivity index (χ3v) is 17.7. The molecule has 5 heterocycles. The van der Waals surface area contributed by atoms with Gasteiger partial charge >= 0.3 is 0 Å². The number of para-hydroxylation sites is 1. The molecule has 0 spiro atoms. The minimum atomic E-state index is 0.0303. The molecule has 0 bridgehead atoms. The number of benzene rings is 9. The second-order valence-electron chi connectivity index (χ2n) is 21.6. The molecule has 2 saturated carbocycles. The van der Waals surface area contributed by atoms with E-state index < -0.39 is 0 Å². The normalized spacial score (nSPS) is 15.5. The van der Waals surface area contributed by atoms with Crippen molar-refractivity contribution in [2.24, 2.45) is 0 Å². The van der Waals surface area contributed by atoms with Crippen molar-refractivity contribution in [2.75, 3.05) is 0 Å². The van der Waals surface area contributed by atoms with Crippen molar-refractivity contribution in [3.63, 3.8) is 0 Å². The van der Waals surface area contributed by atoms with Gasteiger partial charge in [0.2, 0.25) is 0 Å². The molecule has 2 fully saturated rings. The number of fused-ring (bicyclic) bond motifs is 11. The molecule has 0 unspecified atom stereocenters. The molecule has 0 saturated heterocycles. The van der Waals surface area contributed by atoms with Crippen LogP contribution in [0.2, 0.25) is 0 Å². The number of aromatic nitrogens is 4. The molecule has 0 atom stereocenters. The summed E-state index contributed by atoms with van der Waals surface area (Å²) in [6.07, 6.45) is 12.8. The maximum absolute atomic E-state index is 5.60. The minimum Gasteiger partial charge on any atom is -0.310 e. The van der Waals surface area contributed by atoms with Crippen LogP contribution < -0.4 is 16.4 Å². The van der Waals surface area contributed by atoms with E-state index in [0.29, 0.717) is 11.8 Å². The van der Waals surface area contributed by atoms with Gasteiger partial charge in [-0.25, -0.2) is 9.97 Å². The Morgan fingerprint density at radius 3 is 1.38 bits per heavy atom. The van der Waals surface area contributed by atoms with Crippen molar-refractivity contribution >= 4 is 77.6 Å². The van der Waals surface area contributed by atoms with E-state index >= 15 is 0 Å². The minimum absolute atomic E-state index is 0.0303. The van der Waals surface area contributed by atoms with Crippen LogP contribution >= 0.6 is 0 Å². The number of hydrogen-bond acceptors (Lipinski definition) is 2. The molecular weight excluding hydrogens is 884 g/mol. The first-order valence-electron chi connectivity index (χ1n) is 27.1. The van der Waals surface area contributed by atoms with Crippen molar-refractivity contribution in [3.8, 4) is 56.3 Å². The van der Waals surface area contributed by atoms with E-state index in [2.05, 4.69) is 197 Å². The Morgan fingerprint density at radius 2 is 0.863 bits per heavy atom. The first-order chi connectivity index (χ1) is 36.2. The Kier molecular flexibility index (Phi) is 9.26. The highest BCUT2D eigenvalue weighted by Crippen LogP contribution is 2.48. The van der Waals surface area contributed by atoms with E-state index in [9.17, 15) is 0 Å². The van der Waals surface area contributed by atoms with Gasteiger partial charge in [-0.3, -0.25) is 0 Å². The SMILES string of the molecule is c1ccc(-c2ccc3c(c2)c2c(C4CCCCC4)ccc4c2n3-c2cc(-c3nc(-c5ccccc5)nc5ccccc35)cc3c2B4c2ccc(C4CCCCC4)c4c5cc(-c6ccccc6)ccc5n-3c24)cc1. The van der Waals surface area contributed by atoms with Crippen LogP contribution in [0.15, 0.2) is 188 Å². The van der Waals surface area contributed by atoms with E-state index in [1.165, 1.54) is 169 Å². The average Bonchev–Trinajstić information content (AvgIpc) is 4.00. The fourth-order valence-corrected chi connectivity index (χ4v) is 14.4. The van der Waals surface area contributed by atoms with Crippen molar-refractivity contribution in [1.82, 2.24) is 19.1 Å². The molecule has 12 aromatic rings. The van der Waals surface area contributed by atoms with Gasteiger partial charge in [0.1, 0.15) is 0 Å². The number of rotatable bonds is 6. The van der Waals surface area contributed by atoms with Crippen LogP contribution in [-0.2, 0) is 0 Å². The van der Waals surface area contributed by atoms with Gasteiger partial charge in [0.25, 0.3) is 6.71 Å². The quantitative estimate of drug-likeness (QED) is 0.156. The van der Waals surface area contributed by atoms with Crippen LogP contribution in [0.4, 0.5) is 0 Å². The second kappa shape index (κ2) is 16.2. The summed E-state index contributed by atoms with van der Waals surface area (Å²) in [6.45, 7) is 0.0303. The Labute approximate surface area is 426 Å². The summed E-state index contributed by atoms with van der Waals surface area (Å²) in [5.41, 5.74) is 24.1. The van der Waals surface area contributed by atoms with Crippen LogP contribution in [0, 0.1) is 0 Å². The standard InChI is InChI=1S/C68H53BN4/c1-6-18-42(19-7-1)47-30-36-58-53(38-47)62-50(44-22-10-3-11-23-44)32-34-55-66(62)72(58)60-40-49(65-52-28-16-17-29-57(52)70-68(71-65)46-26-14-5-15-27-46)41-61-64(60)69(55)56-35-33-51(45-24-12-4-13-25-45)63-54-39-48(43-20-8-2-9-21-43)31-37-59(54)73(61)67(56)63/h1-2,5-9,14-21,26-41,44-45H,3-4,10-13,22-25H2. The smallest absolute Gasteiger partial charge is 0.252 e. The van der Waals surface area contributed by atoms with Crippen LogP contribution in [-0.4, -0.2) is 25.8 Å². The van der Waals surface area contributed by atoms with Crippen molar-refractivity contribution in [3.05, 3.63) is 199 Å². The monoisotopic (exact) mass is 936 g/mol. The summed E-state index contributed by atoms with van der Waals surface area (Å²) < 4.78 is 5.39. The summed E-state index contributed by atoms with van der Waals surface area (Å²) in [5.74, 6) is 1.81. The highest BCUT2D eigenvalue weighted by molar-refractivity contribution is 7.00. The van der Waals surface area contributed by atoms with Crippen LogP contribution in [0.1, 0.15) is 87.2 Å². The van der Waals surface area contributed by atoms with Crippen molar-refractivity contribution in [2.45, 2.75) is 76.0 Å². The van der Waals surface area contributed by atoms with Gasteiger partial charge in [0, 0.05) is 60.5 Å². The molecule has 5 heteroatoms. The zero-order valence-corrected chi connectivity index (χ0v) is 41.0. The van der Waals surface area contributed by atoms with Crippen LogP contribution in [0.5, 0.6) is 0 Å². The zero-order valence-electron chi connectivity index (χ0n) is 41.0. The van der Waals surface area contributed by atoms with Gasteiger partial charge in [-0.1, -0.05) is 184 Å². The number of nitrogens with zero attached hydrogens (tertiary/aromatic N) is 4. The lowest BCUT2D eigenvalue weighted by Crippen LogP contribution is -2.59. The lowest BCUT2D eigenvalue weighted by Gasteiger charge is -2.35. The average molecular weight is 937 g/mol. The lowest BCUT2D eigenvalue weighted by atomic mass is 9.34. The number of hydrogen-bond donors (Lipinski definition) is 0. The van der Waals surface area contributed by atoms with Gasteiger partial charge < -0.3 is 9.13 Å².